The number of ether oxygens (including phenoxy) is 2. The van der Waals surface area contributed by atoms with Crippen LogP contribution in [0.1, 0.15) is 17.0 Å². The minimum atomic E-state index is 0.724. The highest BCUT2D eigenvalue weighted by Crippen LogP contribution is 2.25. The summed E-state index contributed by atoms with van der Waals surface area (Å²) in [6.45, 7) is 3.86. The van der Waals surface area contributed by atoms with E-state index in [1.54, 1.807) is 20.4 Å². The number of aliphatic imine (C=N–C) groups is 1. The van der Waals surface area contributed by atoms with Crippen LogP contribution in [0.4, 0.5) is 5.69 Å². The Morgan fingerprint density at radius 3 is 2.58 bits per heavy atom. The van der Waals surface area contributed by atoms with E-state index in [-0.39, 0.29) is 0 Å². The summed E-state index contributed by atoms with van der Waals surface area (Å²) >= 11 is 0. The fourth-order valence-electron chi connectivity index (χ4n) is 1.79. The largest absolute Gasteiger partial charge is 0.497 e. The average molecular weight is 259 g/mol. The lowest BCUT2D eigenvalue weighted by Crippen LogP contribution is -1.92. The molecular weight excluding hydrogens is 242 g/mol. The minimum Gasteiger partial charge on any atom is -0.497 e. The van der Waals surface area contributed by atoms with Crippen molar-refractivity contribution in [1.29, 1.82) is 0 Å². The Bertz CT molecular complexity index is 583. The average Bonchev–Trinajstić information content (AvgIpc) is 2.75. The summed E-state index contributed by atoms with van der Waals surface area (Å²) < 4.78 is 10.5. The van der Waals surface area contributed by atoms with Gasteiger partial charge in [-0.15, -0.1) is 0 Å². The fraction of sp³-hybridized carbons (Fsp3) is 0.286. The Balaban J connectivity index is 2.33. The number of nitrogens with one attached hydrogen (secondary N) is 1. The van der Waals surface area contributed by atoms with Crippen LogP contribution >= 0.6 is 0 Å². The van der Waals surface area contributed by atoms with Crippen LogP contribution in [0, 0.1) is 13.8 Å². The first-order valence-electron chi connectivity index (χ1n) is 5.93. The molecule has 0 aliphatic heterocycles. The highest BCUT2D eigenvalue weighted by molar-refractivity contribution is 5.86. The molecule has 5 nitrogen and oxygen atoms in total. The predicted octanol–water partition coefficient (Wildman–Crippen LogP) is 2.79. The van der Waals surface area contributed by atoms with Crippen LogP contribution < -0.4 is 9.47 Å². The second kappa shape index (κ2) is 5.56. The standard InChI is InChI=1S/C14H17N3O2/c1-9-14(10(2)17-16-9)15-8-11-5-6-12(18-3)7-13(11)19-4/h5-8H,1-4H3,(H,16,17). The van der Waals surface area contributed by atoms with Gasteiger partial charge in [-0.1, -0.05) is 0 Å². The molecule has 0 atom stereocenters. The van der Waals surface area contributed by atoms with Gasteiger partial charge in [0, 0.05) is 17.8 Å². The molecule has 1 heterocycles. The molecule has 0 aliphatic rings. The zero-order chi connectivity index (χ0) is 13.8. The minimum absolute atomic E-state index is 0.724. The number of aryl methyl sites for hydroxylation is 2. The molecular formula is C14H17N3O2. The van der Waals surface area contributed by atoms with Crippen LogP contribution in [0.2, 0.25) is 0 Å². The van der Waals surface area contributed by atoms with Crippen molar-refractivity contribution in [3.8, 4) is 11.5 Å². The quantitative estimate of drug-likeness (QED) is 0.859. The van der Waals surface area contributed by atoms with Crippen molar-refractivity contribution in [3.05, 3.63) is 35.2 Å². The van der Waals surface area contributed by atoms with Crippen LogP contribution in [-0.4, -0.2) is 30.6 Å². The normalized spacial score (nSPS) is 10.9. The van der Waals surface area contributed by atoms with E-state index in [0.29, 0.717) is 0 Å². The van der Waals surface area contributed by atoms with Crippen LogP contribution in [0.5, 0.6) is 11.5 Å². The first-order chi connectivity index (χ1) is 9.15. The first kappa shape index (κ1) is 13.1. The van der Waals surface area contributed by atoms with Gasteiger partial charge in [-0.2, -0.15) is 5.10 Å². The van der Waals surface area contributed by atoms with E-state index in [1.165, 1.54) is 0 Å². The van der Waals surface area contributed by atoms with Gasteiger partial charge in [-0.05, 0) is 26.0 Å². The van der Waals surface area contributed by atoms with Crippen molar-refractivity contribution in [1.82, 2.24) is 10.2 Å². The highest BCUT2D eigenvalue weighted by atomic mass is 16.5. The SMILES string of the molecule is COc1ccc(C=Nc2c(C)n[nH]c2C)c(OC)c1. The third-order valence-corrected chi connectivity index (χ3v) is 2.86. The molecule has 0 fully saturated rings. The van der Waals surface area contributed by atoms with Gasteiger partial charge in [-0.25, -0.2) is 0 Å². The van der Waals surface area contributed by atoms with Crippen LogP contribution in [0.3, 0.4) is 0 Å². The molecule has 0 radical (unpaired) electrons. The monoisotopic (exact) mass is 259 g/mol. The molecule has 0 saturated carbocycles. The Hall–Kier alpha value is -2.30. The Morgan fingerprint density at radius 2 is 2.00 bits per heavy atom. The van der Waals surface area contributed by atoms with Crippen molar-refractivity contribution < 1.29 is 9.47 Å². The number of nitrogens with zero attached hydrogens (tertiary/aromatic N) is 2. The van der Waals surface area contributed by atoms with E-state index in [2.05, 4.69) is 15.2 Å². The molecule has 0 unspecified atom stereocenters. The second-order valence-electron chi connectivity index (χ2n) is 4.15. The molecule has 0 bridgehead atoms. The van der Waals surface area contributed by atoms with E-state index < -0.39 is 0 Å². The molecule has 0 amide bonds. The van der Waals surface area contributed by atoms with Crippen LogP contribution in [-0.2, 0) is 0 Å². The summed E-state index contributed by atoms with van der Waals surface area (Å²) in [5, 5.41) is 7.01. The maximum absolute atomic E-state index is 5.32. The molecule has 0 spiro atoms. The van der Waals surface area contributed by atoms with E-state index in [0.717, 1.165) is 34.1 Å². The predicted molar refractivity (Wildman–Crippen MR) is 74.9 cm³/mol. The third-order valence-electron chi connectivity index (χ3n) is 2.86. The van der Waals surface area contributed by atoms with E-state index in [4.69, 9.17) is 9.47 Å². The van der Waals surface area contributed by atoms with Gasteiger partial charge in [0.2, 0.25) is 0 Å². The molecule has 19 heavy (non-hydrogen) atoms. The number of rotatable bonds is 4. The van der Waals surface area contributed by atoms with Gasteiger partial charge in [-0.3, -0.25) is 10.1 Å². The summed E-state index contributed by atoms with van der Waals surface area (Å²) in [5.74, 6) is 1.48. The molecule has 2 rings (SSSR count). The van der Waals surface area contributed by atoms with Crippen molar-refractivity contribution in [2.75, 3.05) is 14.2 Å². The number of aromatic nitrogens is 2. The zero-order valence-electron chi connectivity index (χ0n) is 11.5. The maximum Gasteiger partial charge on any atom is 0.131 e. The molecule has 0 saturated heterocycles. The van der Waals surface area contributed by atoms with Crippen molar-refractivity contribution in [2.45, 2.75) is 13.8 Å². The number of H-pyrrole nitrogens is 1. The second-order valence-corrected chi connectivity index (χ2v) is 4.15. The number of hydrogen-bond donors (Lipinski definition) is 1. The number of benzene rings is 1. The lowest BCUT2D eigenvalue weighted by Gasteiger charge is -2.06. The lowest BCUT2D eigenvalue weighted by molar-refractivity contribution is 0.394. The number of methoxy groups -OCH3 is 2. The Kier molecular flexibility index (Phi) is 3.85. The molecule has 5 heteroatoms. The number of hydrogen-bond acceptors (Lipinski definition) is 4. The Labute approximate surface area is 112 Å². The lowest BCUT2D eigenvalue weighted by atomic mass is 10.2. The molecule has 2 aromatic rings. The fourth-order valence-corrected chi connectivity index (χ4v) is 1.79. The molecule has 1 aromatic carbocycles. The molecule has 1 aromatic heterocycles. The highest BCUT2D eigenvalue weighted by Gasteiger charge is 2.06. The summed E-state index contributed by atoms with van der Waals surface area (Å²) in [7, 11) is 3.25. The zero-order valence-corrected chi connectivity index (χ0v) is 11.5. The van der Waals surface area contributed by atoms with Gasteiger partial charge in [0.25, 0.3) is 0 Å². The topological polar surface area (TPSA) is 59.5 Å². The summed E-state index contributed by atoms with van der Waals surface area (Å²) in [6, 6.07) is 5.61. The van der Waals surface area contributed by atoms with Gasteiger partial charge in [0.1, 0.15) is 17.2 Å². The first-order valence-corrected chi connectivity index (χ1v) is 5.93. The van der Waals surface area contributed by atoms with E-state index in [1.807, 2.05) is 32.0 Å². The smallest absolute Gasteiger partial charge is 0.131 e. The number of aromatic amines is 1. The summed E-state index contributed by atoms with van der Waals surface area (Å²) in [6.07, 6.45) is 1.77. The van der Waals surface area contributed by atoms with Crippen LogP contribution in [0.15, 0.2) is 23.2 Å². The van der Waals surface area contributed by atoms with E-state index >= 15 is 0 Å². The van der Waals surface area contributed by atoms with Gasteiger partial charge in [0.05, 0.1) is 25.6 Å². The summed E-state index contributed by atoms with van der Waals surface area (Å²) in [4.78, 5) is 4.46. The third kappa shape index (κ3) is 2.76. The van der Waals surface area contributed by atoms with Crippen LogP contribution in [0.25, 0.3) is 0 Å². The summed E-state index contributed by atoms with van der Waals surface area (Å²) in [5.41, 5.74) is 3.57. The van der Waals surface area contributed by atoms with Gasteiger partial charge >= 0.3 is 0 Å². The van der Waals surface area contributed by atoms with E-state index in [9.17, 15) is 0 Å². The van der Waals surface area contributed by atoms with Crippen molar-refractivity contribution >= 4 is 11.9 Å². The Morgan fingerprint density at radius 1 is 1.21 bits per heavy atom. The van der Waals surface area contributed by atoms with Crippen molar-refractivity contribution in [3.63, 3.8) is 0 Å². The maximum atomic E-state index is 5.32. The molecule has 0 aliphatic carbocycles. The van der Waals surface area contributed by atoms with Gasteiger partial charge < -0.3 is 9.47 Å². The van der Waals surface area contributed by atoms with Gasteiger partial charge in [0.15, 0.2) is 0 Å². The van der Waals surface area contributed by atoms with Crippen molar-refractivity contribution in [2.24, 2.45) is 4.99 Å². The molecule has 100 valence electrons. The molecule has 1 N–H and O–H groups in total.